The number of halogens is 3. The fourth-order valence-electron chi connectivity index (χ4n) is 3.07. The maximum Gasteiger partial charge on any atom is 0.434 e. The Hall–Kier alpha value is -1.35. The van der Waals surface area contributed by atoms with Gasteiger partial charge in [0.15, 0.2) is 11.7 Å². The lowest BCUT2D eigenvalue weighted by molar-refractivity contribution is -0.140. The van der Waals surface area contributed by atoms with Crippen molar-refractivity contribution in [3.8, 4) is 0 Å². The zero-order valence-corrected chi connectivity index (χ0v) is 16.9. The molecular weight excluding hydrogens is 375 g/mol. The van der Waals surface area contributed by atoms with E-state index in [4.69, 9.17) is 0 Å². The highest BCUT2D eigenvalue weighted by Crippen LogP contribution is 2.29. The molecule has 1 fully saturated rings. The number of rotatable bonds is 8. The third kappa shape index (κ3) is 8.04. The second-order valence-electron chi connectivity index (χ2n) is 6.99. The minimum atomic E-state index is -4.37. The molecule has 0 bridgehead atoms. The molecule has 1 aliphatic rings. The van der Waals surface area contributed by atoms with E-state index in [0.717, 1.165) is 36.4 Å². The molecule has 1 aromatic rings. The van der Waals surface area contributed by atoms with Gasteiger partial charge in [-0.15, -0.1) is 11.3 Å². The molecule has 2 N–H and O–H groups in total. The third-order valence-electron chi connectivity index (χ3n) is 4.40. The predicted molar refractivity (Wildman–Crippen MR) is 104 cm³/mol. The summed E-state index contributed by atoms with van der Waals surface area (Å²) >= 11 is 1.04. The minimum Gasteiger partial charge on any atom is -0.357 e. The van der Waals surface area contributed by atoms with Crippen LogP contribution in [0.25, 0.3) is 0 Å². The predicted octanol–water partition coefficient (Wildman–Crippen LogP) is 3.38. The maximum absolute atomic E-state index is 12.6. The van der Waals surface area contributed by atoms with Crippen molar-refractivity contribution in [2.75, 3.05) is 39.3 Å². The summed E-state index contributed by atoms with van der Waals surface area (Å²) in [4.78, 5) is 10.8. The fraction of sp³-hybridized carbons (Fsp3) is 0.778. The van der Waals surface area contributed by atoms with E-state index in [0.29, 0.717) is 29.9 Å². The summed E-state index contributed by atoms with van der Waals surface area (Å²) in [5.41, 5.74) is -0.811. The Morgan fingerprint density at radius 1 is 1.30 bits per heavy atom. The second kappa shape index (κ2) is 10.8. The van der Waals surface area contributed by atoms with Gasteiger partial charge in [-0.3, -0.25) is 4.99 Å². The molecule has 1 atom stereocenters. The van der Waals surface area contributed by atoms with E-state index in [9.17, 15) is 13.2 Å². The van der Waals surface area contributed by atoms with Gasteiger partial charge in [-0.05, 0) is 38.8 Å². The largest absolute Gasteiger partial charge is 0.434 e. The van der Waals surface area contributed by atoms with Gasteiger partial charge in [-0.25, -0.2) is 4.98 Å². The molecule has 1 saturated heterocycles. The number of nitrogens with zero attached hydrogens (tertiary/aromatic N) is 3. The first-order valence-corrected chi connectivity index (χ1v) is 10.5. The average Bonchev–Trinajstić information content (AvgIpc) is 3.10. The molecule has 0 aromatic carbocycles. The summed E-state index contributed by atoms with van der Waals surface area (Å²) in [7, 11) is 0. The van der Waals surface area contributed by atoms with Crippen LogP contribution < -0.4 is 10.6 Å². The molecule has 0 amide bonds. The van der Waals surface area contributed by atoms with E-state index >= 15 is 0 Å². The van der Waals surface area contributed by atoms with Gasteiger partial charge in [-0.2, -0.15) is 13.2 Å². The average molecular weight is 406 g/mol. The van der Waals surface area contributed by atoms with E-state index in [2.05, 4.69) is 32.4 Å². The number of likely N-dealkylation sites (tertiary alicyclic amines) is 1. The quantitative estimate of drug-likeness (QED) is 0.514. The van der Waals surface area contributed by atoms with Crippen molar-refractivity contribution in [1.82, 2.24) is 20.5 Å². The molecular formula is C18H30F3N5S. The van der Waals surface area contributed by atoms with E-state index in [1.54, 1.807) is 0 Å². The Morgan fingerprint density at radius 2 is 2.04 bits per heavy atom. The number of guanidine groups is 1. The molecule has 2 rings (SSSR count). The van der Waals surface area contributed by atoms with Crippen LogP contribution in [0, 0.1) is 5.92 Å². The van der Waals surface area contributed by atoms with Crippen molar-refractivity contribution < 1.29 is 13.2 Å². The zero-order valence-electron chi connectivity index (χ0n) is 16.1. The van der Waals surface area contributed by atoms with Crippen LogP contribution in [-0.4, -0.2) is 55.1 Å². The summed E-state index contributed by atoms with van der Waals surface area (Å²) in [5.74, 6) is 1.17. The van der Waals surface area contributed by atoms with Crippen LogP contribution in [0.3, 0.4) is 0 Å². The van der Waals surface area contributed by atoms with Gasteiger partial charge in [0.1, 0.15) is 0 Å². The monoisotopic (exact) mass is 405 g/mol. The first kappa shape index (κ1) is 21.9. The van der Waals surface area contributed by atoms with Crippen LogP contribution >= 0.6 is 11.3 Å². The van der Waals surface area contributed by atoms with Gasteiger partial charge in [-0.1, -0.05) is 13.3 Å². The highest BCUT2D eigenvalue weighted by Gasteiger charge is 2.33. The van der Waals surface area contributed by atoms with Crippen LogP contribution in [0.5, 0.6) is 0 Å². The SMILES string of the molecule is CCNC(=NCC(C)CN1CCCCC1)NCCc1nc(C(F)(F)F)cs1. The van der Waals surface area contributed by atoms with Crippen molar-refractivity contribution in [2.45, 2.75) is 45.7 Å². The molecule has 1 aromatic heterocycles. The molecule has 1 unspecified atom stereocenters. The zero-order chi connectivity index (χ0) is 19.7. The fourth-order valence-corrected chi connectivity index (χ4v) is 3.88. The highest BCUT2D eigenvalue weighted by atomic mass is 32.1. The summed E-state index contributed by atoms with van der Waals surface area (Å²) in [6, 6.07) is 0. The van der Waals surface area contributed by atoms with E-state index in [1.165, 1.54) is 32.4 Å². The number of alkyl halides is 3. The second-order valence-corrected chi connectivity index (χ2v) is 7.93. The van der Waals surface area contributed by atoms with Crippen molar-refractivity contribution in [1.29, 1.82) is 0 Å². The van der Waals surface area contributed by atoms with Crippen LogP contribution in [0.2, 0.25) is 0 Å². The first-order valence-electron chi connectivity index (χ1n) is 9.64. The molecule has 0 spiro atoms. The van der Waals surface area contributed by atoms with Gasteiger partial charge in [0.2, 0.25) is 0 Å². The van der Waals surface area contributed by atoms with Crippen molar-refractivity contribution in [3.63, 3.8) is 0 Å². The molecule has 0 saturated carbocycles. The summed E-state index contributed by atoms with van der Waals surface area (Å²) in [6.45, 7) is 9.57. The first-order chi connectivity index (χ1) is 12.9. The van der Waals surface area contributed by atoms with Crippen LogP contribution in [0.4, 0.5) is 13.2 Å². The summed E-state index contributed by atoms with van der Waals surface area (Å²) in [5, 5.41) is 7.91. The van der Waals surface area contributed by atoms with Crippen LogP contribution in [0.15, 0.2) is 10.4 Å². The standard InChI is InChI=1S/C18H30F3N5S/c1-3-22-17(24-11-14(2)12-26-9-5-4-6-10-26)23-8-7-16-25-15(13-27-16)18(19,20)21/h13-14H,3-12H2,1-2H3,(H2,22,23,24). The van der Waals surface area contributed by atoms with Gasteiger partial charge < -0.3 is 15.5 Å². The number of thiazole rings is 1. The van der Waals surface area contributed by atoms with Gasteiger partial charge in [0.25, 0.3) is 0 Å². The molecule has 27 heavy (non-hydrogen) atoms. The number of piperidine rings is 1. The smallest absolute Gasteiger partial charge is 0.357 e. The lowest BCUT2D eigenvalue weighted by Crippen LogP contribution is -2.39. The van der Waals surface area contributed by atoms with Gasteiger partial charge in [0.05, 0.1) is 5.01 Å². The highest BCUT2D eigenvalue weighted by molar-refractivity contribution is 7.09. The van der Waals surface area contributed by atoms with Gasteiger partial charge in [0, 0.05) is 38.0 Å². The lowest BCUT2D eigenvalue weighted by atomic mass is 10.1. The van der Waals surface area contributed by atoms with Crippen molar-refractivity contribution in [2.24, 2.45) is 10.9 Å². The molecule has 9 heteroatoms. The van der Waals surface area contributed by atoms with E-state index < -0.39 is 11.9 Å². The molecule has 2 heterocycles. The van der Waals surface area contributed by atoms with Crippen molar-refractivity contribution in [3.05, 3.63) is 16.1 Å². The number of aromatic nitrogens is 1. The molecule has 0 radical (unpaired) electrons. The molecule has 0 aliphatic carbocycles. The summed E-state index contributed by atoms with van der Waals surface area (Å²) in [6.07, 6.45) is -0.0291. The number of hydrogen-bond donors (Lipinski definition) is 2. The topological polar surface area (TPSA) is 52.6 Å². The lowest BCUT2D eigenvalue weighted by Gasteiger charge is -2.28. The number of hydrogen-bond acceptors (Lipinski definition) is 4. The van der Waals surface area contributed by atoms with Gasteiger partial charge >= 0.3 is 6.18 Å². The normalized spacial score (nSPS) is 17.7. The van der Waals surface area contributed by atoms with Crippen molar-refractivity contribution >= 4 is 17.3 Å². The molecule has 5 nitrogen and oxygen atoms in total. The Bertz CT molecular complexity index is 582. The van der Waals surface area contributed by atoms with E-state index in [-0.39, 0.29) is 0 Å². The Kier molecular flexibility index (Phi) is 8.82. The third-order valence-corrected chi connectivity index (χ3v) is 5.31. The maximum atomic E-state index is 12.6. The Morgan fingerprint density at radius 3 is 2.67 bits per heavy atom. The number of nitrogens with one attached hydrogen (secondary N) is 2. The number of aliphatic imine (C=N–C) groups is 1. The Labute approximate surface area is 163 Å². The summed E-state index contributed by atoms with van der Waals surface area (Å²) < 4.78 is 37.8. The minimum absolute atomic E-state index is 0.439. The Balaban J connectivity index is 1.76. The molecule has 154 valence electrons. The van der Waals surface area contributed by atoms with Crippen LogP contribution in [0.1, 0.15) is 43.8 Å². The van der Waals surface area contributed by atoms with Crippen LogP contribution in [-0.2, 0) is 12.6 Å². The molecule has 1 aliphatic heterocycles. The van der Waals surface area contributed by atoms with E-state index in [1.807, 2.05) is 6.92 Å².